The lowest BCUT2D eigenvalue weighted by molar-refractivity contribution is 0.0692. The molecule has 0 aliphatic rings. The quantitative estimate of drug-likeness (QED) is 0.528. The van der Waals surface area contributed by atoms with Crippen LogP contribution in [0.4, 0.5) is 0 Å². The third-order valence-corrected chi connectivity index (χ3v) is 4.52. The second-order valence-electron chi connectivity index (χ2n) is 6.17. The van der Waals surface area contributed by atoms with Crippen LogP contribution in [-0.4, -0.2) is 24.3 Å². The molecule has 0 atom stereocenters. The molecule has 0 saturated carbocycles. The highest BCUT2D eigenvalue weighted by Gasteiger charge is 2.15. The second kappa shape index (κ2) is 9.29. The van der Waals surface area contributed by atoms with Gasteiger partial charge < -0.3 is 14.6 Å². The van der Waals surface area contributed by atoms with Crippen LogP contribution in [0.25, 0.3) is 11.1 Å². The minimum Gasteiger partial charge on any atom is -0.493 e. The van der Waals surface area contributed by atoms with E-state index in [0.29, 0.717) is 30.4 Å². The molecule has 0 saturated heterocycles. The maximum Gasteiger partial charge on any atom is 0.339 e. The molecule has 5 heteroatoms. The molecule has 0 aliphatic carbocycles. The van der Waals surface area contributed by atoms with E-state index in [9.17, 15) is 9.90 Å². The molecule has 0 radical (unpaired) electrons. The first-order valence-corrected chi connectivity index (χ1v) is 9.43. The van der Waals surface area contributed by atoms with Crippen molar-refractivity contribution in [3.8, 4) is 22.6 Å². The van der Waals surface area contributed by atoms with Gasteiger partial charge in [-0.1, -0.05) is 48.0 Å². The largest absolute Gasteiger partial charge is 0.493 e. The number of carboxylic acids is 1. The number of benzene rings is 3. The van der Waals surface area contributed by atoms with Crippen molar-refractivity contribution in [1.82, 2.24) is 0 Å². The Bertz CT molecular complexity index is 951. The molecular formula is C23H21ClO4. The minimum absolute atomic E-state index is 0.125. The first-order valence-electron chi connectivity index (χ1n) is 9.05. The van der Waals surface area contributed by atoms with E-state index in [4.69, 9.17) is 21.1 Å². The van der Waals surface area contributed by atoms with Gasteiger partial charge in [-0.05, 0) is 48.4 Å². The van der Waals surface area contributed by atoms with Crippen molar-refractivity contribution in [2.24, 2.45) is 0 Å². The molecule has 144 valence electrons. The summed E-state index contributed by atoms with van der Waals surface area (Å²) in [6.07, 6.45) is 0.658. The number of rotatable bonds is 8. The van der Waals surface area contributed by atoms with Gasteiger partial charge in [-0.15, -0.1) is 0 Å². The van der Waals surface area contributed by atoms with Gasteiger partial charge in [-0.3, -0.25) is 0 Å². The molecule has 0 amide bonds. The first-order chi connectivity index (χ1) is 13.6. The van der Waals surface area contributed by atoms with Gasteiger partial charge >= 0.3 is 5.97 Å². The fourth-order valence-electron chi connectivity index (χ4n) is 2.91. The van der Waals surface area contributed by atoms with E-state index < -0.39 is 5.97 Å². The average Bonchev–Trinajstić information content (AvgIpc) is 2.70. The smallest absolute Gasteiger partial charge is 0.339 e. The highest BCUT2D eigenvalue weighted by Crippen LogP contribution is 2.33. The van der Waals surface area contributed by atoms with Crippen LogP contribution >= 0.6 is 11.6 Å². The van der Waals surface area contributed by atoms with Crippen molar-refractivity contribution in [3.63, 3.8) is 0 Å². The van der Waals surface area contributed by atoms with E-state index in [1.807, 2.05) is 61.5 Å². The zero-order valence-electron chi connectivity index (χ0n) is 15.5. The van der Waals surface area contributed by atoms with Gasteiger partial charge in [0.25, 0.3) is 0 Å². The molecule has 3 rings (SSSR count). The number of halogens is 1. The molecule has 4 nitrogen and oxygen atoms in total. The lowest BCUT2D eigenvalue weighted by Gasteiger charge is -2.13. The van der Waals surface area contributed by atoms with Crippen LogP contribution in [0.3, 0.4) is 0 Å². The first kappa shape index (κ1) is 19.8. The molecule has 0 aromatic heterocycles. The van der Waals surface area contributed by atoms with Gasteiger partial charge in [-0.25, -0.2) is 4.79 Å². The Kier molecular flexibility index (Phi) is 6.56. The lowest BCUT2D eigenvalue weighted by atomic mass is 10.0. The van der Waals surface area contributed by atoms with Crippen LogP contribution in [0.1, 0.15) is 22.8 Å². The van der Waals surface area contributed by atoms with Gasteiger partial charge in [0, 0.05) is 17.0 Å². The fraction of sp³-hybridized carbons (Fsp3) is 0.174. The molecule has 0 fully saturated rings. The Morgan fingerprint density at radius 2 is 1.71 bits per heavy atom. The Labute approximate surface area is 169 Å². The summed E-state index contributed by atoms with van der Waals surface area (Å²) in [6.45, 7) is 2.82. The number of ether oxygens (including phenoxy) is 2. The van der Waals surface area contributed by atoms with Gasteiger partial charge in [0.15, 0.2) is 0 Å². The number of carboxylic acid groups (broad SMARTS) is 1. The molecular weight excluding hydrogens is 376 g/mol. The minimum atomic E-state index is -1.03. The van der Waals surface area contributed by atoms with Crippen LogP contribution in [-0.2, 0) is 6.42 Å². The summed E-state index contributed by atoms with van der Waals surface area (Å²) in [4.78, 5) is 11.8. The monoisotopic (exact) mass is 396 g/mol. The molecule has 0 bridgehead atoms. The topological polar surface area (TPSA) is 55.8 Å². The molecule has 0 aliphatic heterocycles. The summed E-state index contributed by atoms with van der Waals surface area (Å²) in [7, 11) is 0. The molecule has 28 heavy (non-hydrogen) atoms. The van der Waals surface area contributed by atoms with E-state index >= 15 is 0 Å². The van der Waals surface area contributed by atoms with Gasteiger partial charge in [-0.2, -0.15) is 0 Å². The Morgan fingerprint density at radius 1 is 0.964 bits per heavy atom. The number of carbonyl (C=O) groups is 1. The average molecular weight is 397 g/mol. The maximum absolute atomic E-state index is 11.8. The third kappa shape index (κ3) is 4.84. The number of para-hydroxylation sites is 1. The Balaban J connectivity index is 1.80. The highest BCUT2D eigenvalue weighted by atomic mass is 35.5. The van der Waals surface area contributed by atoms with E-state index in [-0.39, 0.29) is 5.56 Å². The lowest BCUT2D eigenvalue weighted by Crippen LogP contribution is -2.07. The summed E-state index contributed by atoms with van der Waals surface area (Å²) in [5.74, 6) is 0.0362. The van der Waals surface area contributed by atoms with Gasteiger partial charge in [0.1, 0.15) is 17.1 Å². The predicted octanol–water partition coefficient (Wildman–Crippen LogP) is 5.73. The summed E-state index contributed by atoms with van der Waals surface area (Å²) < 4.78 is 11.4. The van der Waals surface area contributed by atoms with Gasteiger partial charge in [0.05, 0.1) is 13.2 Å². The van der Waals surface area contributed by atoms with Crippen molar-refractivity contribution < 1.29 is 19.4 Å². The predicted molar refractivity (Wildman–Crippen MR) is 111 cm³/mol. The number of hydrogen-bond acceptors (Lipinski definition) is 3. The second-order valence-corrected chi connectivity index (χ2v) is 6.61. The Hall–Kier alpha value is -2.98. The van der Waals surface area contributed by atoms with Crippen molar-refractivity contribution in [2.75, 3.05) is 13.2 Å². The molecule has 0 spiro atoms. The van der Waals surface area contributed by atoms with E-state index in [1.165, 1.54) is 0 Å². The highest BCUT2D eigenvalue weighted by molar-refractivity contribution is 6.30. The Morgan fingerprint density at radius 3 is 2.43 bits per heavy atom. The molecule has 1 N–H and O–H groups in total. The molecule has 0 heterocycles. The van der Waals surface area contributed by atoms with Gasteiger partial charge in [0.2, 0.25) is 0 Å². The number of aromatic carboxylic acids is 1. The molecule has 3 aromatic rings. The van der Waals surface area contributed by atoms with E-state index in [0.717, 1.165) is 22.4 Å². The van der Waals surface area contributed by atoms with Crippen molar-refractivity contribution in [3.05, 3.63) is 82.9 Å². The van der Waals surface area contributed by atoms with E-state index in [2.05, 4.69) is 0 Å². The van der Waals surface area contributed by atoms with Crippen LogP contribution < -0.4 is 9.47 Å². The zero-order valence-corrected chi connectivity index (χ0v) is 16.3. The summed E-state index contributed by atoms with van der Waals surface area (Å²) in [5.41, 5.74) is 2.81. The molecule has 3 aromatic carbocycles. The van der Waals surface area contributed by atoms with Crippen molar-refractivity contribution in [2.45, 2.75) is 13.3 Å². The summed E-state index contributed by atoms with van der Waals surface area (Å²) >= 11 is 5.89. The number of hydrogen-bond donors (Lipinski definition) is 1. The van der Waals surface area contributed by atoms with Crippen molar-refractivity contribution in [1.29, 1.82) is 0 Å². The van der Waals surface area contributed by atoms with Crippen LogP contribution in [0.15, 0.2) is 66.7 Å². The van der Waals surface area contributed by atoms with Crippen LogP contribution in [0.2, 0.25) is 5.02 Å². The normalized spacial score (nSPS) is 10.5. The van der Waals surface area contributed by atoms with Crippen LogP contribution in [0, 0.1) is 0 Å². The maximum atomic E-state index is 11.8. The fourth-order valence-corrected chi connectivity index (χ4v) is 3.03. The zero-order chi connectivity index (χ0) is 19.9. The molecule has 0 unspecified atom stereocenters. The van der Waals surface area contributed by atoms with Crippen molar-refractivity contribution >= 4 is 17.6 Å². The SMILES string of the molecule is CCOc1ccccc1-c1ccc(OCCc2ccc(Cl)cc2)c(C(=O)O)c1. The third-order valence-electron chi connectivity index (χ3n) is 4.27. The summed E-state index contributed by atoms with van der Waals surface area (Å²) in [5, 5.41) is 10.3. The van der Waals surface area contributed by atoms with Crippen LogP contribution in [0.5, 0.6) is 11.5 Å². The van der Waals surface area contributed by atoms with E-state index in [1.54, 1.807) is 12.1 Å². The standard InChI is InChI=1S/C23H21ClO4/c1-2-27-21-6-4-3-5-19(21)17-9-12-22(20(15-17)23(25)26)28-14-13-16-7-10-18(24)11-8-16/h3-12,15H,2,13-14H2,1H3,(H,25,26). The summed E-state index contributed by atoms with van der Waals surface area (Å²) in [6, 6.07) is 20.2.